The summed E-state index contributed by atoms with van der Waals surface area (Å²) >= 11 is 0. The predicted octanol–water partition coefficient (Wildman–Crippen LogP) is 2.48. The van der Waals surface area contributed by atoms with Crippen molar-refractivity contribution in [3.63, 3.8) is 0 Å². The van der Waals surface area contributed by atoms with Crippen molar-refractivity contribution in [1.82, 2.24) is 4.90 Å². The molecule has 0 aliphatic carbocycles. The number of fused-ring (bicyclic) bond motifs is 1. The molecular weight excluding hydrogens is 322 g/mol. The van der Waals surface area contributed by atoms with E-state index < -0.39 is 17.7 Å². The highest BCUT2D eigenvalue weighted by Gasteiger charge is 2.47. The van der Waals surface area contributed by atoms with Gasteiger partial charge in [0.1, 0.15) is 23.2 Å². The lowest BCUT2D eigenvalue weighted by molar-refractivity contribution is -0.139. The quantitative estimate of drug-likeness (QED) is 0.828. The second-order valence-corrected chi connectivity index (χ2v) is 7.18. The zero-order valence-corrected chi connectivity index (χ0v) is 14.9. The second-order valence-electron chi connectivity index (χ2n) is 7.18. The molecule has 1 saturated heterocycles. The van der Waals surface area contributed by atoms with Crippen molar-refractivity contribution in [1.29, 1.82) is 0 Å². The number of likely N-dealkylation sites (tertiary alicyclic amines) is 1. The average molecular weight is 347 g/mol. The monoisotopic (exact) mass is 347 g/mol. The Kier molecular flexibility index (Phi) is 4.73. The van der Waals surface area contributed by atoms with Gasteiger partial charge >= 0.3 is 0 Å². The summed E-state index contributed by atoms with van der Waals surface area (Å²) < 4.78 is 11.7. The number of amides is 1. The molecule has 2 heterocycles. The maximum Gasteiger partial charge on any atom is 0.223 e. The smallest absolute Gasteiger partial charge is 0.223 e. The van der Waals surface area contributed by atoms with Crippen LogP contribution in [0.5, 0.6) is 11.5 Å². The molecule has 0 bridgehead atoms. The molecule has 0 saturated carbocycles. The van der Waals surface area contributed by atoms with Crippen LogP contribution in [0.3, 0.4) is 0 Å². The van der Waals surface area contributed by atoms with Crippen molar-refractivity contribution in [3.8, 4) is 11.5 Å². The van der Waals surface area contributed by atoms with E-state index in [0.29, 0.717) is 42.2 Å². The number of aliphatic hydroxyl groups is 1. The maximum absolute atomic E-state index is 12.3. The van der Waals surface area contributed by atoms with Gasteiger partial charge in [0.15, 0.2) is 6.29 Å². The standard InChI is InChI=1S/C19H25NO5/c1-4-8-24-14-10-15-13(9-12(14)11-21)17(18(23)19(2,3)25-15)20-7-5-6-16(20)22/h9-11,17-18,23H,4-8H2,1-3H3/t17-,18+/m0/s1. The summed E-state index contributed by atoms with van der Waals surface area (Å²) in [6.45, 7) is 6.69. The minimum atomic E-state index is -0.885. The van der Waals surface area contributed by atoms with Crippen molar-refractivity contribution >= 4 is 12.2 Å². The van der Waals surface area contributed by atoms with Crippen LogP contribution in [-0.2, 0) is 4.79 Å². The first-order valence-corrected chi connectivity index (χ1v) is 8.81. The highest BCUT2D eigenvalue weighted by molar-refractivity contribution is 5.82. The lowest BCUT2D eigenvalue weighted by atomic mass is 9.85. The SMILES string of the molecule is CCCOc1cc2c(cc1C=O)[C@H](N1CCCC1=O)[C@@H](O)C(C)(C)O2. The van der Waals surface area contributed by atoms with Crippen molar-refractivity contribution in [2.75, 3.05) is 13.2 Å². The minimum absolute atomic E-state index is 0.0201. The zero-order chi connectivity index (χ0) is 18.2. The van der Waals surface area contributed by atoms with Crippen LogP contribution in [0.4, 0.5) is 0 Å². The summed E-state index contributed by atoms with van der Waals surface area (Å²) in [5, 5.41) is 10.9. The van der Waals surface area contributed by atoms with E-state index in [4.69, 9.17) is 9.47 Å². The molecule has 0 aromatic heterocycles. The van der Waals surface area contributed by atoms with Crippen molar-refractivity contribution in [3.05, 3.63) is 23.3 Å². The number of hydrogen-bond acceptors (Lipinski definition) is 5. The van der Waals surface area contributed by atoms with Gasteiger partial charge in [-0.2, -0.15) is 0 Å². The molecule has 1 aromatic carbocycles. The Balaban J connectivity index is 2.09. The topological polar surface area (TPSA) is 76.1 Å². The fraction of sp³-hybridized carbons (Fsp3) is 0.579. The molecule has 6 nitrogen and oxygen atoms in total. The molecule has 25 heavy (non-hydrogen) atoms. The van der Waals surface area contributed by atoms with Crippen LogP contribution in [0.2, 0.25) is 0 Å². The molecule has 0 unspecified atom stereocenters. The third-order valence-corrected chi connectivity index (χ3v) is 4.88. The van der Waals surface area contributed by atoms with Crippen LogP contribution < -0.4 is 9.47 Å². The summed E-state index contributed by atoms with van der Waals surface area (Å²) in [5.41, 5.74) is 0.206. The number of rotatable bonds is 5. The van der Waals surface area contributed by atoms with Crippen LogP contribution in [0.15, 0.2) is 12.1 Å². The van der Waals surface area contributed by atoms with Crippen molar-refractivity contribution in [2.24, 2.45) is 0 Å². The van der Waals surface area contributed by atoms with Gasteiger partial charge in [0.05, 0.1) is 18.2 Å². The summed E-state index contributed by atoms with van der Waals surface area (Å²) in [5.74, 6) is 1.04. The molecule has 2 atom stereocenters. The van der Waals surface area contributed by atoms with E-state index >= 15 is 0 Å². The van der Waals surface area contributed by atoms with Crippen LogP contribution in [0, 0.1) is 0 Å². The van der Waals surface area contributed by atoms with Crippen LogP contribution in [-0.4, -0.2) is 47.1 Å². The second kappa shape index (κ2) is 6.67. The summed E-state index contributed by atoms with van der Waals surface area (Å²) in [6.07, 6.45) is 1.93. The Labute approximate surface area is 147 Å². The molecule has 2 aliphatic rings. The number of aliphatic hydroxyl groups excluding tert-OH is 1. The first kappa shape index (κ1) is 17.7. The molecular formula is C19H25NO5. The molecule has 1 aromatic rings. The largest absolute Gasteiger partial charge is 0.493 e. The third-order valence-electron chi connectivity index (χ3n) is 4.88. The van der Waals surface area contributed by atoms with Gasteiger partial charge in [-0.3, -0.25) is 9.59 Å². The van der Waals surface area contributed by atoms with Gasteiger partial charge in [-0.05, 0) is 32.8 Å². The number of nitrogens with zero attached hydrogens (tertiary/aromatic N) is 1. The molecule has 136 valence electrons. The average Bonchev–Trinajstić information content (AvgIpc) is 2.99. The van der Waals surface area contributed by atoms with Gasteiger partial charge in [0.25, 0.3) is 0 Å². The number of carbonyl (C=O) groups is 2. The number of ether oxygens (including phenoxy) is 2. The summed E-state index contributed by atoms with van der Waals surface area (Å²) in [7, 11) is 0. The van der Waals surface area contributed by atoms with E-state index in [1.54, 1.807) is 30.9 Å². The Hall–Kier alpha value is -2.08. The van der Waals surface area contributed by atoms with Gasteiger partial charge in [0.2, 0.25) is 5.91 Å². The molecule has 1 fully saturated rings. The summed E-state index contributed by atoms with van der Waals surface area (Å²) in [4.78, 5) is 25.5. The van der Waals surface area contributed by atoms with E-state index in [9.17, 15) is 14.7 Å². The normalized spacial score (nSPS) is 24.6. The molecule has 6 heteroatoms. The Bertz CT molecular complexity index is 685. The zero-order valence-electron chi connectivity index (χ0n) is 14.9. The fourth-order valence-corrected chi connectivity index (χ4v) is 3.54. The minimum Gasteiger partial charge on any atom is -0.493 e. The van der Waals surface area contributed by atoms with Gasteiger partial charge in [-0.25, -0.2) is 0 Å². The fourth-order valence-electron chi connectivity index (χ4n) is 3.54. The molecule has 3 rings (SSSR count). The Morgan fingerprint density at radius 3 is 2.80 bits per heavy atom. The van der Waals surface area contributed by atoms with Gasteiger partial charge in [-0.1, -0.05) is 6.92 Å². The number of aldehydes is 1. The Morgan fingerprint density at radius 1 is 1.44 bits per heavy atom. The van der Waals surface area contributed by atoms with E-state index in [1.807, 2.05) is 6.92 Å². The van der Waals surface area contributed by atoms with Gasteiger partial charge < -0.3 is 19.5 Å². The lowest BCUT2D eigenvalue weighted by Crippen LogP contribution is -2.53. The number of hydrogen-bond donors (Lipinski definition) is 1. The maximum atomic E-state index is 12.3. The van der Waals surface area contributed by atoms with Crippen LogP contribution >= 0.6 is 0 Å². The third kappa shape index (κ3) is 3.11. The summed E-state index contributed by atoms with van der Waals surface area (Å²) in [6, 6.07) is 2.87. The van der Waals surface area contributed by atoms with Crippen molar-refractivity contribution in [2.45, 2.75) is 57.8 Å². The van der Waals surface area contributed by atoms with Crippen LogP contribution in [0.1, 0.15) is 62.0 Å². The van der Waals surface area contributed by atoms with Gasteiger partial charge in [-0.15, -0.1) is 0 Å². The highest BCUT2D eigenvalue weighted by atomic mass is 16.5. The molecule has 0 radical (unpaired) electrons. The first-order valence-electron chi connectivity index (χ1n) is 8.81. The van der Waals surface area contributed by atoms with E-state index in [0.717, 1.165) is 19.1 Å². The van der Waals surface area contributed by atoms with E-state index in [2.05, 4.69) is 0 Å². The first-order chi connectivity index (χ1) is 11.9. The lowest BCUT2D eigenvalue weighted by Gasteiger charge is -2.45. The van der Waals surface area contributed by atoms with Gasteiger partial charge in [0, 0.05) is 24.6 Å². The predicted molar refractivity (Wildman–Crippen MR) is 92.0 cm³/mol. The molecule has 1 N–H and O–H groups in total. The molecule has 0 spiro atoms. The van der Waals surface area contributed by atoms with E-state index in [-0.39, 0.29) is 5.91 Å². The number of benzene rings is 1. The van der Waals surface area contributed by atoms with Crippen molar-refractivity contribution < 1.29 is 24.2 Å². The van der Waals surface area contributed by atoms with E-state index in [1.165, 1.54) is 0 Å². The highest BCUT2D eigenvalue weighted by Crippen LogP contribution is 2.46. The number of carbonyl (C=O) groups excluding carboxylic acids is 2. The molecule has 2 aliphatic heterocycles. The molecule has 1 amide bonds. The van der Waals surface area contributed by atoms with Crippen LogP contribution in [0.25, 0.3) is 0 Å². The Morgan fingerprint density at radius 2 is 2.20 bits per heavy atom.